The number of anilines is 1. The minimum atomic E-state index is 0.611. The topological polar surface area (TPSA) is 12.0 Å². The molecule has 1 aromatic rings. The van der Waals surface area contributed by atoms with Gasteiger partial charge < -0.3 is 5.32 Å². The molecule has 0 fully saturated rings. The molecule has 0 bridgehead atoms. The summed E-state index contributed by atoms with van der Waals surface area (Å²) in [5.74, 6) is 2.15. The Morgan fingerprint density at radius 1 is 1.10 bits per heavy atom. The van der Waals surface area contributed by atoms with Gasteiger partial charge in [0.25, 0.3) is 0 Å². The smallest absolute Gasteiger partial charge is 0.0382 e. The zero-order valence-electron chi connectivity index (χ0n) is 11.6. The maximum Gasteiger partial charge on any atom is 0.0382 e. The van der Waals surface area contributed by atoms with Gasteiger partial charge in [0.1, 0.15) is 0 Å². The number of fused-ring (bicyclic) bond motifs is 3. The van der Waals surface area contributed by atoms with Gasteiger partial charge in [-0.05, 0) is 61.3 Å². The summed E-state index contributed by atoms with van der Waals surface area (Å²) in [7, 11) is 0. The van der Waals surface area contributed by atoms with Gasteiger partial charge in [-0.15, -0.1) is 0 Å². The molecule has 1 aliphatic heterocycles. The fourth-order valence-electron chi connectivity index (χ4n) is 4.21. The molecule has 0 radical (unpaired) electrons. The van der Waals surface area contributed by atoms with Crippen LogP contribution >= 0.6 is 15.9 Å². The molecule has 0 spiro atoms. The molecular formula is C18H20BrN. The van der Waals surface area contributed by atoms with E-state index >= 15 is 0 Å². The Bertz CT molecular complexity index is 575. The highest BCUT2D eigenvalue weighted by Crippen LogP contribution is 2.48. The van der Waals surface area contributed by atoms with Gasteiger partial charge in [0, 0.05) is 22.1 Å². The van der Waals surface area contributed by atoms with E-state index in [1.807, 2.05) is 0 Å². The van der Waals surface area contributed by atoms with E-state index in [4.69, 9.17) is 0 Å². The molecule has 4 atom stereocenters. The second-order valence-corrected chi connectivity index (χ2v) is 7.22. The third-order valence-electron chi connectivity index (χ3n) is 5.19. The largest absolute Gasteiger partial charge is 0.381 e. The second-order valence-electron chi connectivity index (χ2n) is 6.30. The van der Waals surface area contributed by atoms with Crippen LogP contribution in [0.25, 0.3) is 0 Å². The Balaban J connectivity index is 1.70. The van der Waals surface area contributed by atoms with Crippen molar-refractivity contribution in [2.75, 3.05) is 5.32 Å². The van der Waals surface area contributed by atoms with Gasteiger partial charge >= 0.3 is 0 Å². The Kier molecular flexibility index (Phi) is 3.22. The Morgan fingerprint density at radius 2 is 2.05 bits per heavy atom. The molecule has 104 valence electrons. The first-order valence-electron chi connectivity index (χ1n) is 7.70. The molecule has 1 heterocycles. The Hall–Kier alpha value is -1.02. The molecule has 0 saturated heterocycles. The predicted molar refractivity (Wildman–Crippen MR) is 88.0 cm³/mol. The van der Waals surface area contributed by atoms with Gasteiger partial charge in [0.15, 0.2) is 0 Å². The van der Waals surface area contributed by atoms with Crippen molar-refractivity contribution in [2.45, 2.75) is 37.6 Å². The van der Waals surface area contributed by atoms with Crippen LogP contribution in [0, 0.1) is 11.8 Å². The van der Waals surface area contributed by atoms with Crippen molar-refractivity contribution in [3.63, 3.8) is 0 Å². The van der Waals surface area contributed by atoms with Crippen molar-refractivity contribution in [2.24, 2.45) is 11.8 Å². The van der Waals surface area contributed by atoms with Crippen molar-refractivity contribution in [3.8, 4) is 0 Å². The molecule has 1 N–H and O–H groups in total. The van der Waals surface area contributed by atoms with Gasteiger partial charge in [-0.2, -0.15) is 0 Å². The van der Waals surface area contributed by atoms with Crippen LogP contribution in [0.1, 0.15) is 37.2 Å². The Labute approximate surface area is 129 Å². The van der Waals surface area contributed by atoms with Crippen LogP contribution in [-0.4, -0.2) is 6.04 Å². The number of allylic oxidation sites excluding steroid dienone is 4. The molecule has 20 heavy (non-hydrogen) atoms. The minimum absolute atomic E-state index is 0.611. The molecule has 4 unspecified atom stereocenters. The quantitative estimate of drug-likeness (QED) is 0.693. The molecule has 0 aromatic heterocycles. The van der Waals surface area contributed by atoms with Crippen LogP contribution < -0.4 is 5.32 Å². The summed E-state index contributed by atoms with van der Waals surface area (Å²) >= 11 is 3.62. The first-order chi connectivity index (χ1) is 9.83. The van der Waals surface area contributed by atoms with Crippen LogP contribution in [0.15, 0.2) is 47.0 Å². The van der Waals surface area contributed by atoms with E-state index in [0.717, 1.165) is 11.8 Å². The Morgan fingerprint density at radius 3 is 2.90 bits per heavy atom. The lowest BCUT2D eigenvalue weighted by Crippen LogP contribution is -2.41. The zero-order chi connectivity index (χ0) is 13.5. The number of benzene rings is 1. The van der Waals surface area contributed by atoms with Gasteiger partial charge in [0.05, 0.1) is 0 Å². The minimum Gasteiger partial charge on any atom is -0.381 e. The molecule has 3 aliphatic rings. The lowest BCUT2D eigenvalue weighted by Gasteiger charge is -2.42. The third-order valence-corrected chi connectivity index (χ3v) is 5.68. The highest BCUT2D eigenvalue weighted by molar-refractivity contribution is 9.10. The normalized spacial score (nSPS) is 34.5. The van der Waals surface area contributed by atoms with Crippen LogP contribution in [0.5, 0.6) is 0 Å². The summed E-state index contributed by atoms with van der Waals surface area (Å²) in [6.07, 6.45) is 14.6. The number of hydrogen-bond acceptors (Lipinski definition) is 1. The van der Waals surface area contributed by atoms with E-state index in [1.165, 1.54) is 41.4 Å². The summed E-state index contributed by atoms with van der Waals surface area (Å²) in [5, 5.41) is 3.87. The first kappa shape index (κ1) is 12.7. The lowest BCUT2D eigenvalue weighted by atomic mass is 9.72. The van der Waals surface area contributed by atoms with E-state index in [1.54, 1.807) is 0 Å². The van der Waals surface area contributed by atoms with Crippen molar-refractivity contribution >= 4 is 21.6 Å². The molecular weight excluding hydrogens is 310 g/mol. The maximum atomic E-state index is 3.87. The van der Waals surface area contributed by atoms with Crippen LogP contribution in [-0.2, 0) is 0 Å². The number of hydrogen-bond donors (Lipinski definition) is 1. The molecule has 1 nitrogen and oxygen atoms in total. The number of halogens is 1. The highest BCUT2D eigenvalue weighted by Gasteiger charge is 2.40. The molecule has 4 rings (SSSR count). The summed E-state index contributed by atoms with van der Waals surface area (Å²) in [6.45, 7) is 0. The average Bonchev–Trinajstić information content (AvgIpc) is 2.97. The summed E-state index contributed by atoms with van der Waals surface area (Å²) < 4.78 is 1.19. The summed E-state index contributed by atoms with van der Waals surface area (Å²) in [6, 6.07) is 7.33. The average molecular weight is 330 g/mol. The predicted octanol–water partition coefficient (Wildman–Crippen LogP) is 5.26. The van der Waals surface area contributed by atoms with Gasteiger partial charge in [0.2, 0.25) is 0 Å². The fraction of sp³-hybridized carbons (Fsp3) is 0.444. The number of rotatable bonds is 1. The van der Waals surface area contributed by atoms with Crippen molar-refractivity contribution in [3.05, 3.63) is 52.5 Å². The van der Waals surface area contributed by atoms with E-state index in [-0.39, 0.29) is 0 Å². The van der Waals surface area contributed by atoms with E-state index in [2.05, 4.69) is 63.7 Å². The van der Waals surface area contributed by atoms with Gasteiger partial charge in [-0.1, -0.05) is 40.2 Å². The van der Waals surface area contributed by atoms with Crippen LogP contribution in [0.2, 0.25) is 0 Å². The zero-order valence-corrected chi connectivity index (χ0v) is 13.1. The van der Waals surface area contributed by atoms with Crippen molar-refractivity contribution in [1.82, 2.24) is 0 Å². The molecule has 2 aliphatic carbocycles. The van der Waals surface area contributed by atoms with E-state index < -0.39 is 0 Å². The van der Waals surface area contributed by atoms with Gasteiger partial charge in [-0.3, -0.25) is 0 Å². The van der Waals surface area contributed by atoms with Crippen LogP contribution in [0.3, 0.4) is 0 Å². The highest BCUT2D eigenvalue weighted by atomic mass is 79.9. The first-order valence-corrected chi connectivity index (χ1v) is 8.50. The lowest BCUT2D eigenvalue weighted by molar-refractivity contribution is 0.294. The number of nitrogens with one attached hydrogen (secondary N) is 1. The maximum absolute atomic E-state index is 3.87. The van der Waals surface area contributed by atoms with Crippen molar-refractivity contribution in [1.29, 1.82) is 0 Å². The SMILES string of the molecule is Brc1ccc2c(c1)C1C=CCC1C(C1CC=CCC1)N2. The third kappa shape index (κ3) is 2.05. The van der Waals surface area contributed by atoms with Crippen molar-refractivity contribution < 1.29 is 0 Å². The molecule has 2 heteroatoms. The molecule has 0 saturated carbocycles. The van der Waals surface area contributed by atoms with Crippen LogP contribution in [0.4, 0.5) is 5.69 Å². The second kappa shape index (κ2) is 5.07. The molecule has 1 aromatic carbocycles. The fourth-order valence-corrected chi connectivity index (χ4v) is 4.59. The van der Waals surface area contributed by atoms with Gasteiger partial charge in [-0.25, -0.2) is 0 Å². The van der Waals surface area contributed by atoms with E-state index in [9.17, 15) is 0 Å². The monoisotopic (exact) mass is 329 g/mol. The standard InChI is InChI=1S/C18H20BrN/c19-13-9-10-17-16(11-13)14-7-4-8-15(14)18(20-17)12-5-2-1-3-6-12/h1-2,4,7,9-12,14-15,18,20H,3,5-6,8H2. The van der Waals surface area contributed by atoms with E-state index in [0.29, 0.717) is 12.0 Å². The molecule has 0 amide bonds. The summed E-state index contributed by atoms with van der Waals surface area (Å²) in [4.78, 5) is 0. The summed E-state index contributed by atoms with van der Waals surface area (Å²) in [5.41, 5.74) is 2.82.